The van der Waals surface area contributed by atoms with E-state index >= 15 is 0 Å². The van der Waals surface area contributed by atoms with Crippen LogP contribution in [0.5, 0.6) is 0 Å². The molecular formula is C26H59NaO6S. The van der Waals surface area contributed by atoms with E-state index in [9.17, 15) is 0 Å². The summed E-state index contributed by atoms with van der Waals surface area (Å²) < 4.78 is 37.4. The van der Waals surface area contributed by atoms with Crippen LogP contribution in [0.25, 0.3) is 0 Å². The van der Waals surface area contributed by atoms with E-state index < -0.39 is 10.4 Å². The summed E-state index contributed by atoms with van der Waals surface area (Å²) in [7, 11) is -4.67. The molecular weight excluding hydrogens is 463 g/mol. The van der Waals surface area contributed by atoms with Crippen LogP contribution in [-0.4, -0.2) is 65.8 Å². The van der Waals surface area contributed by atoms with Crippen LogP contribution >= 0.6 is 0 Å². The minimum absolute atomic E-state index is 0. The van der Waals surface area contributed by atoms with Crippen molar-refractivity contribution in [3.8, 4) is 0 Å². The van der Waals surface area contributed by atoms with E-state index in [2.05, 4.69) is 27.0 Å². The van der Waals surface area contributed by atoms with Crippen molar-refractivity contribution >= 4 is 40.0 Å². The number of hydrogen-bond donors (Lipinski definition) is 2. The van der Waals surface area contributed by atoms with Gasteiger partial charge in [-0.15, -0.1) is 13.2 Å². The quantitative estimate of drug-likeness (QED) is 0.0660. The molecule has 0 unspecified atom stereocenters. The topological polar surface area (TPSA) is 115 Å². The molecule has 0 saturated heterocycles. The van der Waals surface area contributed by atoms with Gasteiger partial charge in [0.2, 0.25) is 0 Å². The van der Waals surface area contributed by atoms with Crippen molar-refractivity contribution in [2.24, 2.45) is 0 Å². The predicted octanol–water partition coefficient (Wildman–Crippen LogP) is 7.52. The van der Waals surface area contributed by atoms with Gasteiger partial charge in [-0.3, -0.25) is 9.11 Å². The van der Waals surface area contributed by atoms with Gasteiger partial charge in [-0.25, -0.2) is 0 Å². The molecule has 0 rings (SSSR count). The molecule has 8 heteroatoms. The summed E-state index contributed by atoms with van der Waals surface area (Å²) in [4.78, 5) is 0. The zero-order chi connectivity index (χ0) is 24.8. The van der Waals surface area contributed by atoms with Crippen molar-refractivity contribution in [2.75, 3.05) is 13.2 Å². The van der Waals surface area contributed by atoms with Crippen molar-refractivity contribution in [3.05, 3.63) is 13.2 Å². The second-order valence-electron chi connectivity index (χ2n) is 8.42. The van der Waals surface area contributed by atoms with E-state index in [4.69, 9.17) is 22.3 Å². The normalized spacial score (nSPS) is 10.1. The van der Waals surface area contributed by atoms with Crippen LogP contribution in [-0.2, 0) is 15.1 Å². The molecule has 206 valence electrons. The zero-order valence-corrected chi connectivity index (χ0v) is 22.8. The Morgan fingerprint density at radius 2 is 0.706 bits per heavy atom. The predicted molar refractivity (Wildman–Crippen MR) is 151 cm³/mol. The third kappa shape index (κ3) is 63.7. The Balaban J connectivity index is -0.000000274. The van der Waals surface area contributed by atoms with Crippen molar-refractivity contribution in [2.45, 2.75) is 142 Å². The standard InChI is InChI=1S/C24H50O.C2H4.Na.H2O4S.H2O.H/c1-3-5-7-9-11-13-15-17-19-21-23-25-24-22-20-18-16-14-12-10-8-6-4-2;1-2;;1-5(2,3)4;;/h3-24H2,1-2H3;1-2H2;;(H2,1,2,3,4);1H2;. The molecule has 0 aliphatic heterocycles. The van der Waals surface area contributed by atoms with Crippen LogP contribution < -0.4 is 0 Å². The van der Waals surface area contributed by atoms with E-state index in [0.717, 1.165) is 13.2 Å². The number of unbranched alkanes of at least 4 members (excludes halogenated alkanes) is 18. The van der Waals surface area contributed by atoms with Gasteiger partial charge in [0.1, 0.15) is 0 Å². The van der Waals surface area contributed by atoms with E-state index in [1.54, 1.807) is 0 Å². The maximum absolute atomic E-state index is 8.74. The SMILES string of the molecule is C=C.CCCCCCCCCCCCOCCCCCCCCCCCC.O.O=S(=O)(O)O.[NaH]. The fourth-order valence-electron chi connectivity index (χ4n) is 3.49. The van der Waals surface area contributed by atoms with Gasteiger partial charge in [-0.1, -0.05) is 129 Å². The minimum atomic E-state index is -4.67. The molecule has 0 aliphatic carbocycles. The maximum atomic E-state index is 8.74. The fourth-order valence-corrected chi connectivity index (χ4v) is 3.49. The first-order valence-electron chi connectivity index (χ1n) is 13.2. The second-order valence-corrected chi connectivity index (χ2v) is 9.32. The molecule has 0 aromatic rings. The third-order valence-corrected chi connectivity index (χ3v) is 5.28. The van der Waals surface area contributed by atoms with E-state index in [0.29, 0.717) is 0 Å². The first-order valence-corrected chi connectivity index (χ1v) is 14.6. The van der Waals surface area contributed by atoms with E-state index in [1.165, 1.54) is 128 Å². The number of hydrogen-bond acceptors (Lipinski definition) is 3. The van der Waals surface area contributed by atoms with Gasteiger partial charge in [0.05, 0.1) is 0 Å². The molecule has 0 bridgehead atoms. The average molecular weight is 523 g/mol. The number of ether oxygens (including phenoxy) is 1. The second kappa shape index (κ2) is 40.7. The molecule has 0 atom stereocenters. The summed E-state index contributed by atoms with van der Waals surface area (Å²) in [6, 6.07) is 0. The molecule has 6 nitrogen and oxygen atoms in total. The van der Waals surface area contributed by atoms with Gasteiger partial charge in [-0.2, -0.15) is 8.42 Å². The molecule has 0 aromatic heterocycles. The molecule has 0 saturated carbocycles. The molecule has 0 amide bonds. The fraction of sp³-hybridized carbons (Fsp3) is 0.923. The summed E-state index contributed by atoms with van der Waals surface area (Å²) in [6.45, 7) is 12.6. The van der Waals surface area contributed by atoms with E-state index in [1.807, 2.05) is 0 Å². The summed E-state index contributed by atoms with van der Waals surface area (Å²) in [5, 5.41) is 0. The Bertz CT molecular complexity index is 392. The van der Waals surface area contributed by atoms with Crippen molar-refractivity contribution in [1.82, 2.24) is 0 Å². The van der Waals surface area contributed by atoms with Crippen LogP contribution in [0.1, 0.15) is 142 Å². The Labute approximate surface area is 235 Å². The van der Waals surface area contributed by atoms with Gasteiger partial charge in [0.15, 0.2) is 0 Å². The molecule has 4 N–H and O–H groups in total. The van der Waals surface area contributed by atoms with E-state index in [-0.39, 0.29) is 35.0 Å². The molecule has 0 aromatic carbocycles. The number of rotatable bonds is 22. The summed E-state index contributed by atoms with van der Waals surface area (Å²) in [5.41, 5.74) is 0. The van der Waals surface area contributed by atoms with Gasteiger partial charge in [0, 0.05) is 13.2 Å². The van der Waals surface area contributed by atoms with Crippen molar-refractivity contribution < 1.29 is 27.7 Å². The summed E-state index contributed by atoms with van der Waals surface area (Å²) in [6.07, 6.45) is 28.2. The summed E-state index contributed by atoms with van der Waals surface area (Å²) in [5.74, 6) is 0. The molecule has 0 heterocycles. The van der Waals surface area contributed by atoms with Gasteiger partial charge in [0.25, 0.3) is 0 Å². The zero-order valence-electron chi connectivity index (χ0n) is 22.0. The monoisotopic (exact) mass is 522 g/mol. The van der Waals surface area contributed by atoms with Crippen LogP contribution in [0.2, 0.25) is 0 Å². The van der Waals surface area contributed by atoms with Gasteiger partial charge in [-0.05, 0) is 12.8 Å². The van der Waals surface area contributed by atoms with Crippen LogP contribution in [0.3, 0.4) is 0 Å². The Hall–Kier alpha value is 0.530. The van der Waals surface area contributed by atoms with Crippen molar-refractivity contribution in [3.63, 3.8) is 0 Å². The van der Waals surface area contributed by atoms with Crippen LogP contribution in [0.4, 0.5) is 0 Å². The molecule has 0 spiro atoms. The Morgan fingerprint density at radius 3 is 0.912 bits per heavy atom. The van der Waals surface area contributed by atoms with Crippen LogP contribution in [0, 0.1) is 0 Å². The third-order valence-electron chi connectivity index (χ3n) is 5.28. The Morgan fingerprint density at radius 1 is 0.529 bits per heavy atom. The summed E-state index contributed by atoms with van der Waals surface area (Å²) >= 11 is 0. The van der Waals surface area contributed by atoms with Crippen LogP contribution in [0.15, 0.2) is 13.2 Å². The first-order chi connectivity index (χ1) is 15.4. The first kappa shape index (κ1) is 44.5. The average Bonchev–Trinajstić information content (AvgIpc) is 2.75. The Kier molecular flexibility index (Phi) is 53.3. The van der Waals surface area contributed by atoms with Crippen molar-refractivity contribution in [1.29, 1.82) is 0 Å². The molecule has 0 aliphatic rings. The molecule has 0 fully saturated rings. The van der Waals surface area contributed by atoms with Gasteiger partial charge < -0.3 is 10.2 Å². The molecule has 0 radical (unpaired) electrons. The molecule has 34 heavy (non-hydrogen) atoms. The van der Waals surface area contributed by atoms with Gasteiger partial charge >= 0.3 is 40.0 Å².